The maximum Gasteiger partial charge on any atom is 3.00 e. The summed E-state index contributed by atoms with van der Waals surface area (Å²) in [6, 6.07) is 35.2. The number of rotatable bonds is 19. The number of aliphatic hydroxyl groups excluding tert-OH is 1. The minimum atomic E-state index is -6.07. The molecule has 4 N–H and O–H groups in total. The van der Waals surface area contributed by atoms with Crippen molar-refractivity contribution < 1.29 is 75.7 Å². The van der Waals surface area contributed by atoms with Crippen LogP contribution in [0.3, 0.4) is 0 Å². The molecule has 8 aromatic rings. The minimum absolute atomic E-state index is 0. The number of aromatic nitrogens is 9. The van der Waals surface area contributed by atoms with Crippen LogP contribution in [0, 0.1) is 23.7 Å². The first-order chi connectivity index (χ1) is 40.5. The summed E-state index contributed by atoms with van der Waals surface area (Å²) >= 11 is 0. The predicted molar refractivity (Wildman–Crippen MR) is 310 cm³/mol. The van der Waals surface area contributed by atoms with Crippen LogP contribution in [-0.2, 0) is 57.5 Å². The van der Waals surface area contributed by atoms with Crippen LogP contribution in [0.4, 0.5) is 5.82 Å². The van der Waals surface area contributed by atoms with Gasteiger partial charge in [-0.2, -0.15) is 0 Å². The van der Waals surface area contributed by atoms with Crippen LogP contribution in [-0.4, -0.2) is 73.3 Å². The van der Waals surface area contributed by atoms with Crippen molar-refractivity contribution in [3.8, 4) is 34.2 Å². The zero-order chi connectivity index (χ0) is 58.9. The summed E-state index contributed by atoms with van der Waals surface area (Å²) in [5.41, 5.74) is 14.1. The first kappa shape index (κ1) is 65.0. The number of hydrogen-bond donors (Lipinski definition) is 3. The molecule has 1 saturated heterocycles. The Morgan fingerprint density at radius 3 is 1.64 bits per heavy atom. The Bertz CT molecular complexity index is 3370. The van der Waals surface area contributed by atoms with E-state index < -0.39 is 48.5 Å². The van der Waals surface area contributed by atoms with Crippen LogP contribution in [0.1, 0.15) is 94.5 Å². The molecule has 8 aromatic heterocycles. The number of pyridine rings is 6. The second-order valence-corrected chi connectivity index (χ2v) is 25.2. The van der Waals surface area contributed by atoms with Crippen LogP contribution >= 0.6 is 23.5 Å². The monoisotopic (exact) mass is 1300 g/mol. The number of phosphoric acid groups is 3. The number of ether oxygens (including phenoxy) is 1. The Balaban J connectivity index is 0.000000306. The molecule has 0 spiro atoms. The van der Waals surface area contributed by atoms with E-state index in [1.807, 2.05) is 109 Å². The van der Waals surface area contributed by atoms with Gasteiger partial charge in [0.1, 0.15) is 30.1 Å². The first-order valence-corrected chi connectivity index (χ1v) is 32.3. The summed E-state index contributed by atoms with van der Waals surface area (Å²) in [6.07, 6.45) is 27.1. The van der Waals surface area contributed by atoms with Crippen molar-refractivity contribution in [2.75, 3.05) is 12.3 Å². The molecule has 0 aromatic carbocycles. The Labute approximate surface area is 506 Å². The average molecular weight is 1300 g/mol. The van der Waals surface area contributed by atoms with Crippen molar-refractivity contribution in [3.63, 3.8) is 0 Å². The van der Waals surface area contributed by atoms with Gasteiger partial charge in [0, 0.05) is 49.3 Å². The summed E-state index contributed by atoms with van der Waals surface area (Å²) in [5, 5.41) is 11.3. The van der Waals surface area contributed by atoms with E-state index in [1.54, 1.807) is 35.6 Å². The van der Waals surface area contributed by atoms with Gasteiger partial charge in [0.25, 0.3) is 23.5 Å². The van der Waals surface area contributed by atoms with Crippen LogP contribution in [0.5, 0.6) is 0 Å². The molecule has 9 heterocycles. The van der Waals surface area contributed by atoms with E-state index in [0.717, 1.165) is 64.8 Å². The number of fused-ring (bicyclic) bond motifs is 1. The molecule has 1 radical (unpaired) electrons. The number of nitrogen functional groups attached to an aromatic ring is 1. The number of aryl methyl sites for hydroxylation is 1. The van der Waals surface area contributed by atoms with Crippen LogP contribution < -0.4 is 20.4 Å². The van der Waals surface area contributed by atoms with Gasteiger partial charge in [-0.1, -0.05) is 55.7 Å². The third kappa shape index (κ3) is 19.5. The van der Waals surface area contributed by atoms with E-state index >= 15 is 0 Å². The van der Waals surface area contributed by atoms with E-state index in [0.29, 0.717) is 22.6 Å². The van der Waals surface area contributed by atoms with E-state index in [-0.39, 0.29) is 31.7 Å². The molecule has 1 aliphatic heterocycles. The number of hydrogen-bond acceptors (Lipinski definition) is 20. The smallest absolute Gasteiger partial charge is 0.756 e. The summed E-state index contributed by atoms with van der Waals surface area (Å²) in [7, 11) is -17.7. The van der Waals surface area contributed by atoms with E-state index in [1.165, 1.54) is 76.1 Å². The van der Waals surface area contributed by atoms with Gasteiger partial charge in [-0.25, -0.2) is 18.6 Å². The van der Waals surface area contributed by atoms with Gasteiger partial charge in [0.15, 0.2) is 0 Å². The fourth-order valence-electron chi connectivity index (χ4n) is 11.1. The summed E-state index contributed by atoms with van der Waals surface area (Å²) in [4.78, 5) is 77.2. The fourth-order valence-corrected chi connectivity index (χ4v) is 14.0. The SMILES string of the molecule is Nc1ncnc2c1cc(/C=C/CC1CCC(C3CCC(CCCc4ccnc(-c5ccccn5)c4)CC3)CC1)n2[C@H]1C[C@H](O)[C@@H](COP(=O)([O-])OP(=O)([O-])OP(=O)([O-])O)O1.[Ru+3].c1ccc(-c2ccccn2)nc1.c1ccc(-c2ccccn2)nc1. The van der Waals surface area contributed by atoms with Gasteiger partial charge in [-0.15, -0.1) is 0 Å². The largest absolute Gasteiger partial charge is 3.00 e. The molecule has 3 unspecified atom stereocenters. The molecule has 6 atom stereocenters. The molecule has 2 aliphatic carbocycles. The third-order valence-corrected chi connectivity index (χ3v) is 18.9. The van der Waals surface area contributed by atoms with E-state index in [4.69, 9.17) is 15.4 Å². The molecule has 3 fully saturated rings. The van der Waals surface area contributed by atoms with Crippen LogP contribution in [0.25, 0.3) is 51.3 Å². The second kappa shape index (κ2) is 31.1. The number of allylic oxidation sites excluding steroid dienone is 1. The van der Waals surface area contributed by atoms with Gasteiger partial charge in [0.05, 0.1) is 52.3 Å². The molecule has 0 amide bonds. The van der Waals surface area contributed by atoms with Crippen molar-refractivity contribution in [2.24, 2.45) is 23.7 Å². The summed E-state index contributed by atoms with van der Waals surface area (Å²) in [5.74, 6) is 3.16. The molecular formula is C59H66N10O12P3Ru. The molecule has 3 aliphatic rings. The maximum absolute atomic E-state index is 12.1. The van der Waals surface area contributed by atoms with Crippen molar-refractivity contribution in [1.29, 1.82) is 0 Å². The zero-order valence-corrected chi connectivity index (χ0v) is 50.7. The molecule has 0 bridgehead atoms. The number of anilines is 1. The topological polar surface area (TPSA) is 332 Å². The van der Waals surface area contributed by atoms with Crippen LogP contribution in [0.2, 0.25) is 0 Å². The number of phosphoric ester groups is 1. The molecule has 447 valence electrons. The molecule has 85 heavy (non-hydrogen) atoms. The number of nitrogens with zero attached hydrogens (tertiary/aromatic N) is 9. The molecule has 2 saturated carbocycles. The van der Waals surface area contributed by atoms with E-state index in [2.05, 4.69) is 71.2 Å². The van der Waals surface area contributed by atoms with Gasteiger partial charge in [0.2, 0.25) is 0 Å². The second-order valence-electron chi connectivity index (χ2n) is 20.9. The molecule has 11 rings (SSSR count). The normalized spacial score (nSPS) is 22.5. The fraction of sp³-hybridized carbons (Fsp3) is 0.356. The quantitative estimate of drug-likeness (QED) is 0.0500. The third-order valence-electron chi connectivity index (χ3n) is 15.2. The Kier molecular flexibility index (Phi) is 23.8. The van der Waals surface area contributed by atoms with Crippen molar-refractivity contribution in [2.45, 2.75) is 102 Å². The van der Waals surface area contributed by atoms with Crippen molar-refractivity contribution in [1.82, 2.24) is 44.4 Å². The van der Waals surface area contributed by atoms with Gasteiger partial charge >= 0.3 is 19.5 Å². The summed E-state index contributed by atoms with van der Waals surface area (Å²) in [6.45, 7) is -0.889. The maximum atomic E-state index is 12.1. The standard InChI is InChI=1S/C39H53N6O12P3.2C10H8N2.Ru/c40-38-32-22-31(45(39(32)44-25-43-38)37-23-35(46)36(55-37)24-54-59(50,51)57-60(52,53)56-58(47,48)49)8-4-6-27-12-16-30(17-13-27)29-14-10-26(11-15-29)5-3-7-28-18-20-42-34(21-28)33-9-1-2-19-41-33;2*1-3-7-11-9(5-1)10-6-2-4-8-12-10;/h1-2,4,8-9,18-22,25-27,29-30,35-37,46H,3,5-7,10-17,23-24H2,(H,50,51)(H,52,53)(H2,40,43,44)(H2,47,48,49);2*1-8H;/q;;;+3/p-3/b8-4+;;;/t26?,27?,29?,30?,35-,36+,37+;;;/m0.../s1. The van der Waals surface area contributed by atoms with Gasteiger partial charge in [-0.05, 0) is 172 Å². The summed E-state index contributed by atoms with van der Waals surface area (Å²) < 4.78 is 53.6. The predicted octanol–water partition coefficient (Wildman–Crippen LogP) is 9.89. The van der Waals surface area contributed by atoms with Gasteiger partial charge < -0.3 is 39.7 Å². The van der Waals surface area contributed by atoms with Crippen LogP contribution in [0.15, 0.2) is 159 Å². The Morgan fingerprint density at radius 1 is 0.624 bits per heavy atom. The number of aliphatic hydroxyl groups is 1. The molecule has 22 nitrogen and oxygen atoms in total. The van der Waals surface area contributed by atoms with Crippen molar-refractivity contribution in [3.05, 3.63) is 170 Å². The zero-order valence-electron chi connectivity index (χ0n) is 46.3. The first-order valence-electron chi connectivity index (χ1n) is 27.9. The molecule has 26 heteroatoms. The van der Waals surface area contributed by atoms with Gasteiger partial charge in [-0.3, -0.25) is 48.2 Å². The Morgan fingerprint density at radius 2 is 1.13 bits per heavy atom. The average Bonchev–Trinajstić information content (AvgIpc) is 2.03. The van der Waals surface area contributed by atoms with E-state index in [9.17, 15) is 33.5 Å². The van der Waals surface area contributed by atoms with Crippen molar-refractivity contribution >= 4 is 46.4 Å². The Hall–Kier alpha value is -5.99. The number of nitrogens with two attached hydrogens (primary N) is 1. The molecular weight excluding hydrogens is 1230 g/mol. The minimum Gasteiger partial charge on any atom is -0.756 e.